The van der Waals surface area contributed by atoms with Crippen LogP contribution in [0.1, 0.15) is 54.1 Å². The van der Waals surface area contributed by atoms with Crippen LogP contribution in [0, 0.1) is 13.8 Å². The molecule has 0 spiro atoms. The highest BCUT2D eigenvalue weighted by molar-refractivity contribution is 7.92. The quantitative estimate of drug-likeness (QED) is 0.602. The molecule has 1 fully saturated rings. The molecule has 1 heterocycles. The first-order chi connectivity index (χ1) is 14.8. The van der Waals surface area contributed by atoms with Gasteiger partial charge < -0.3 is 10.2 Å². The number of carbonyl (C=O) groups is 1. The predicted molar refractivity (Wildman–Crippen MR) is 125 cm³/mol. The van der Waals surface area contributed by atoms with Gasteiger partial charge in [0.25, 0.3) is 15.9 Å². The summed E-state index contributed by atoms with van der Waals surface area (Å²) in [5.41, 5.74) is 2.90. The molecule has 0 saturated carbocycles. The van der Waals surface area contributed by atoms with Gasteiger partial charge in [0.2, 0.25) is 0 Å². The second-order valence-corrected chi connectivity index (χ2v) is 10.1. The summed E-state index contributed by atoms with van der Waals surface area (Å²) in [4.78, 5) is 15.1. The predicted octanol–water partition coefficient (Wildman–Crippen LogP) is 4.10. The maximum absolute atomic E-state index is 12.6. The summed E-state index contributed by atoms with van der Waals surface area (Å²) in [5, 5.41) is 2.95. The number of hydrogen-bond donors (Lipinski definition) is 2. The van der Waals surface area contributed by atoms with Crippen LogP contribution in [0.5, 0.6) is 0 Å². The molecule has 1 aliphatic heterocycles. The van der Waals surface area contributed by atoms with Crippen molar-refractivity contribution in [3.8, 4) is 0 Å². The number of carbonyl (C=O) groups excluding carboxylic acids is 1. The van der Waals surface area contributed by atoms with Crippen LogP contribution in [0.3, 0.4) is 0 Å². The number of rotatable bonds is 8. The summed E-state index contributed by atoms with van der Waals surface area (Å²) in [7, 11) is -3.67. The molecule has 31 heavy (non-hydrogen) atoms. The monoisotopic (exact) mass is 443 g/mol. The van der Waals surface area contributed by atoms with Gasteiger partial charge in [0.05, 0.1) is 4.90 Å². The summed E-state index contributed by atoms with van der Waals surface area (Å²) in [6.45, 7) is 8.87. The van der Waals surface area contributed by atoms with E-state index < -0.39 is 10.0 Å². The van der Waals surface area contributed by atoms with Crippen molar-refractivity contribution >= 4 is 21.6 Å². The lowest BCUT2D eigenvalue weighted by atomic mass is 10.0. The maximum Gasteiger partial charge on any atom is 0.261 e. The molecule has 1 aliphatic rings. The van der Waals surface area contributed by atoms with Crippen LogP contribution >= 0.6 is 0 Å². The number of nitrogens with one attached hydrogen (secondary N) is 2. The molecule has 168 valence electrons. The Morgan fingerprint density at radius 3 is 2.48 bits per heavy atom. The molecule has 0 bridgehead atoms. The van der Waals surface area contributed by atoms with Crippen LogP contribution in [-0.4, -0.2) is 44.9 Å². The normalized spacial score (nSPS) is 17.3. The number of amides is 1. The van der Waals surface area contributed by atoms with E-state index in [0.717, 1.165) is 30.6 Å². The van der Waals surface area contributed by atoms with Crippen molar-refractivity contribution in [3.63, 3.8) is 0 Å². The molecule has 0 aromatic heterocycles. The topological polar surface area (TPSA) is 78.5 Å². The van der Waals surface area contributed by atoms with E-state index in [2.05, 4.69) is 21.9 Å². The van der Waals surface area contributed by atoms with Crippen LogP contribution in [0.15, 0.2) is 47.4 Å². The van der Waals surface area contributed by atoms with Crippen molar-refractivity contribution < 1.29 is 13.2 Å². The standard InChI is InChI=1S/C24H33N3O3S/c1-18-8-13-23(17-19(18)2)31(29,30)26-22-11-9-21(10-12-22)24(28)25-14-6-16-27-15-5-4-7-20(27)3/h8-13,17,20,26H,4-7,14-16H2,1-3H3,(H,25,28)/t20-/m0/s1. The molecule has 1 atom stereocenters. The number of aryl methyl sites for hydroxylation is 2. The average Bonchev–Trinajstić information content (AvgIpc) is 2.74. The van der Waals surface area contributed by atoms with E-state index in [-0.39, 0.29) is 10.8 Å². The number of anilines is 1. The first-order valence-corrected chi connectivity index (χ1v) is 12.5. The summed E-state index contributed by atoms with van der Waals surface area (Å²) in [6.07, 6.45) is 4.75. The van der Waals surface area contributed by atoms with E-state index in [1.54, 1.807) is 42.5 Å². The lowest BCUT2D eigenvalue weighted by Crippen LogP contribution is -2.39. The molecule has 3 rings (SSSR count). The summed E-state index contributed by atoms with van der Waals surface area (Å²) >= 11 is 0. The van der Waals surface area contributed by atoms with Crippen molar-refractivity contribution in [2.75, 3.05) is 24.4 Å². The molecule has 2 aromatic rings. The molecule has 0 unspecified atom stereocenters. The third kappa shape index (κ3) is 6.31. The van der Waals surface area contributed by atoms with Gasteiger partial charge in [-0.25, -0.2) is 8.42 Å². The van der Waals surface area contributed by atoms with E-state index in [4.69, 9.17) is 0 Å². The second-order valence-electron chi connectivity index (χ2n) is 8.42. The first-order valence-electron chi connectivity index (χ1n) is 11.0. The average molecular weight is 444 g/mol. The van der Waals surface area contributed by atoms with Gasteiger partial charge in [-0.05, 0) is 94.1 Å². The zero-order chi connectivity index (χ0) is 22.4. The fourth-order valence-electron chi connectivity index (χ4n) is 3.86. The van der Waals surface area contributed by atoms with Crippen molar-refractivity contribution in [1.82, 2.24) is 10.2 Å². The van der Waals surface area contributed by atoms with Gasteiger partial charge in [-0.3, -0.25) is 9.52 Å². The molecule has 1 amide bonds. The van der Waals surface area contributed by atoms with Crippen molar-refractivity contribution in [1.29, 1.82) is 0 Å². The van der Waals surface area contributed by atoms with E-state index in [0.29, 0.717) is 23.8 Å². The Hall–Kier alpha value is -2.38. The molecule has 6 nitrogen and oxygen atoms in total. The minimum atomic E-state index is -3.67. The molecular weight excluding hydrogens is 410 g/mol. The third-order valence-electron chi connectivity index (χ3n) is 6.04. The van der Waals surface area contributed by atoms with Gasteiger partial charge in [0, 0.05) is 30.4 Å². The summed E-state index contributed by atoms with van der Waals surface area (Å²) in [5.74, 6) is -0.143. The van der Waals surface area contributed by atoms with Crippen molar-refractivity contribution in [2.24, 2.45) is 0 Å². The van der Waals surface area contributed by atoms with Crippen LogP contribution in [0.4, 0.5) is 5.69 Å². The molecule has 2 aromatic carbocycles. The van der Waals surface area contributed by atoms with E-state index in [1.165, 1.54) is 19.3 Å². The zero-order valence-electron chi connectivity index (χ0n) is 18.6. The number of benzene rings is 2. The van der Waals surface area contributed by atoms with Crippen molar-refractivity contribution in [2.45, 2.75) is 57.4 Å². The van der Waals surface area contributed by atoms with Crippen LogP contribution < -0.4 is 10.0 Å². The van der Waals surface area contributed by atoms with Gasteiger partial charge >= 0.3 is 0 Å². The molecule has 2 N–H and O–H groups in total. The third-order valence-corrected chi connectivity index (χ3v) is 7.42. The number of hydrogen-bond acceptors (Lipinski definition) is 4. The van der Waals surface area contributed by atoms with Gasteiger partial charge in [-0.1, -0.05) is 12.5 Å². The minimum absolute atomic E-state index is 0.143. The first kappa shape index (κ1) is 23.3. The Labute approximate surface area is 186 Å². The number of likely N-dealkylation sites (tertiary alicyclic amines) is 1. The van der Waals surface area contributed by atoms with Crippen molar-refractivity contribution in [3.05, 3.63) is 59.2 Å². The fraction of sp³-hybridized carbons (Fsp3) is 0.458. The van der Waals surface area contributed by atoms with E-state index in [9.17, 15) is 13.2 Å². The molecule has 0 aliphatic carbocycles. The van der Waals surface area contributed by atoms with Gasteiger partial charge in [-0.2, -0.15) is 0 Å². The Morgan fingerprint density at radius 2 is 1.81 bits per heavy atom. The van der Waals surface area contributed by atoms with Gasteiger partial charge in [0.1, 0.15) is 0 Å². The lowest BCUT2D eigenvalue weighted by molar-refractivity contribution is 0.0949. The van der Waals surface area contributed by atoms with Crippen LogP contribution in [0.2, 0.25) is 0 Å². The lowest BCUT2D eigenvalue weighted by Gasteiger charge is -2.33. The Kier molecular flexibility index (Phi) is 7.73. The Balaban J connectivity index is 1.50. The SMILES string of the molecule is Cc1ccc(S(=O)(=O)Nc2ccc(C(=O)NCCCN3CCCC[C@@H]3C)cc2)cc1C. The molecular formula is C24H33N3O3S. The Bertz CT molecular complexity index is 1000. The Morgan fingerprint density at radius 1 is 1.06 bits per heavy atom. The van der Waals surface area contributed by atoms with E-state index in [1.807, 2.05) is 13.8 Å². The number of nitrogens with zero attached hydrogens (tertiary/aromatic N) is 1. The number of sulfonamides is 1. The second kappa shape index (κ2) is 10.3. The summed E-state index contributed by atoms with van der Waals surface area (Å²) in [6, 6.07) is 12.2. The summed E-state index contributed by atoms with van der Waals surface area (Å²) < 4.78 is 27.8. The molecule has 1 saturated heterocycles. The zero-order valence-corrected chi connectivity index (χ0v) is 19.5. The highest BCUT2D eigenvalue weighted by Crippen LogP contribution is 2.19. The smallest absolute Gasteiger partial charge is 0.261 e. The fourth-order valence-corrected chi connectivity index (χ4v) is 5.00. The largest absolute Gasteiger partial charge is 0.352 e. The van der Waals surface area contributed by atoms with Crippen LogP contribution in [0.25, 0.3) is 0 Å². The van der Waals surface area contributed by atoms with Gasteiger partial charge in [-0.15, -0.1) is 0 Å². The van der Waals surface area contributed by atoms with E-state index >= 15 is 0 Å². The molecule has 7 heteroatoms. The highest BCUT2D eigenvalue weighted by Gasteiger charge is 2.18. The highest BCUT2D eigenvalue weighted by atomic mass is 32.2. The van der Waals surface area contributed by atoms with Gasteiger partial charge in [0.15, 0.2) is 0 Å². The number of piperidine rings is 1. The molecule has 0 radical (unpaired) electrons. The maximum atomic E-state index is 12.6. The minimum Gasteiger partial charge on any atom is -0.352 e. The van der Waals surface area contributed by atoms with Crippen LogP contribution in [-0.2, 0) is 10.0 Å².